The van der Waals surface area contributed by atoms with Gasteiger partial charge in [-0.25, -0.2) is 8.42 Å². The molecule has 1 atom stereocenters. The lowest BCUT2D eigenvalue weighted by molar-refractivity contribution is -0.133. The molecule has 2 fully saturated rings. The molecule has 0 unspecified atom stereocenters. The molecule has 1 amide bonds. The van der Waals surface area contributed by atoms with E-state index in [0.29, 0.717) is 18.2 Å². The van der Waals surface area contributed by atoms with Gasteiger partial charge in [-0.15, -0.1) is 0 Å². The van der Waals surface area contributed by atoms with Gasteiger partial charge in [0.1, 0.15) is 0 Å². The third-order valence-corrected chi connectivity index (χ3v) is 7.03. The Balaban J connectivity index is 1.30. The van der Waals surface area contributed by atoms with E-state index in [1.165, 1.54) is 16.7 Å². The first kappa shape index (κ1) is 21.8. The van der Waals surface area contributed by atoms with Crippen molar-refractivity contribution in [1.82, 2.24) is 9.80 Å². The van der Waals surface area contributed by atoms with Crippen LogP contribution in [0.25, 0.3) is 0 Å². The molecule has 6 nitrogen and oxygen atoms in total. The van der Waals surface area contributed by atoms with Crippen molar-refractivity contribution in [2.75, 3.05) is 30.6 Å². The van der Waals surface area contributed by atoms with E-state index in [1.807, 2.05) is 29.2 Å². The average Bonchev–Trinajstić information content (AvgIpc) is 3.09. The maximum Gasteiger partial charge on any atom is 0.240 e. The minimum Gasteiger partial charge on any atom is -0.337 e. The Kier molecular flexibility index (Phi) is 6.34. The van der Waals surface area contributed by atoms with Crippen LogP contribution < -0.4 is 4.72 Å². The van der Waals surface area contributed by atoms with Gasteiger partial charge in [0, 0.05) is 18.8 Å². The number of sulfonamides is 1. The lowest BCUT2D eigenvalue weighted by Gasteiger charge is -2.35. The topological polar surface area (TPSA) is 69.7 Å². The fourth-order valence-corrected chi connectivity index (χ4v) is 5.28. The molecule has 2 aliphatic heterocycles. The van der Waals surface area contributed by atoms with Gasteiger partial charge in [-0.1, -0.05) is 42.0 Å². The number of carbonyl (C=O) groups is 1. The number of likely N-dealkylation sites (tertiary alicyclic amines) is 2. The van der Waals surface area contributed by atoms with Gasteiger partial charge in [-0.05, 0) is 68.5 Å². The molecule has 0 radical (unpaired) electrons. The Morgan fingerprint density at radius 3 is 2.19 bits per heavy atom. The monoisotopic (exact) mass is 441 g/mol. The highest BCUT2D eigenvalue weighted by molar-refractivity contribution is 7.92. The normalized spacial score (nSPS) is 20.9. The van der Waals surface area contributed by atoms with E-state index >= 15 is 0 Å². The number of nitrogens with one attached hydrogen (secondary N) is 1. The molecule has 0 bridgehead atoms. The highest BCUT2D eigenvalue weighted by Gasteiger charge is 2.37. The van der Waals surface area contributed by atoms with Gasteiger partial charge >= 0.3 is 0 Å². The maximum atomic E-state index is 13.0. The molecule has 2 aliphatic rings. The summed E-state index contributed by atoms with van der Waals surface area (Å²) in [7, 11) is -3.26. The van der Waals surface area contributed by atoms with Crippen LogP contribution in [0.1, 0.15) is 41.9 Å². The zero-order valence-electron chi connectivity index (χ0n) is 18.3. The fourth-order valence-electron chi connectivity index (χ4n) is 4.71. The minimum absolute atomic E-state index is 0.00716. The molecule has 1 N–H and O–H groups in total. The van der Waals surface area contributed by atoms with Crippen LogP contribution in [-0.2, 0) is 21.4 Å². The number of aryl methyl sites for hydroxylation is 1. The average molecular weight is 442 g/mol. The highest BCUT2D eigenvalue weighted by atomic mass is 32.2. The molecule has 4 rings (SSSR count). The van der Waals surface area contributed by atoms with E-state index in [4.69, 9.17) is 0 Å². The summed E-state index contributed by atoms with van der Waals surface area (Å²) in [5.41, 5.74) is 4.25. The van der Waals surface area contributed by atoms with Crippen LogP contribution in [0.2, 0.25) is 0 Å². The largest absolute Gasteiger partial charge is 0.337 e. The molecule has 0 aromatic heterocycles. The van der Waals surface area contributed by atoms with Crippen molar-refractivity contribution >= 4 is 21.6 Å². The summed E-state index contributed by atoms with van der Waals surface area (Å²) in [6.07, 6.45) is 4.09. The Morgan fingerprint density at radius 2 is 1.58 bits per heavy atom. The van der Waals surface area contributed by atoms with E-state index in [-0.39, 0.29) is 11.9 Å². The second kappa shape index (κ2) is 9.01. The smallest absolute Gasteiger partial charge is 0.240 e. The first-order valence-corrected chi connectivity index (χ1v) is 12.8. The van der Waals surface area contributed by atoms with Crippen LogP contribution in [0.15, 0.2) is 48.5 Å². The SMILES string of the molecule is Cc1ccc(CN2CC[C@@H](N3CCC(c4ccc(NS(C)(=O)=O)cc4)CC3)C2=O)cc1. The summed E-state index contributed by atoms with van der Waals surface area (Å²) < 4.78 is 25.2. The molecule has 0 aliphatic carbocycles. The van der Waals surface area contributed by atoms with Crippen molar-refractivity contribution in [3.63, 3.8) is 0 Å². The van der Waals surface area contributed by atoms with E-state index in [1.54, 1.807) is 0 Å². The zero-order valence-corrected chi connectivity index (χ0v) is 19.1. The quantitative estimate of drug-likeness (QED) is 0.746. The number of rotatable bonds is 6. The molecule has 166 valence electrons. The predicted octanol–water partition coefficient (Wildman–Crippen LogP) is 3.35. The number of nitrogens with zero attached hydrogens (tertiary/aromatic N) is 2. The van der Waals surface area contributed by atoms with Crippen LogP contribution >= 0.6 is 0 Å². The molecule has 2 saturated heterocycles. The van der Waals surface area contributed by atoms with Gasteiger partial charge in [0.25, 0.3) is 0 Å². The van der Waals surface area contributed by atoms with E-state index < -0.39 is 10.0 Å². The summed E-state index contributed by atoms with van der Waals surface area (Å²) in [5, 5.41) is 0. The number of anilines is 1. The van der Waals surface area contributed by atoms with Crippen LogP contribution in [0.4, 0.5) is 5.69 Å². The maximum absolute atomic E-state index is 13.0. The van der Waals surface area contributed by atoms with Crippen molar-refractivity contribution in [2.45, 2.75) is 44.7 Å². The van der Waals surface area contributed by atoms with Crippen LogP contribution in [0, 0.1) is 6.92 Å². The molecule has 0 saturated carbocycles. The molecule has 2 aromatic carbocycles. The van der Waals surface area contributed by atoms with Crippen LogP contribution in [-0.4, -0.2) is 56.1 Å². The van der Waals surface area contributed by atoms with Gasteiger partial charge in [0.05, 0.1) is 12.3 Å². The fraction of sp³-hybridized carbons (Fsp3) is 0.458. The Hall–Kier alpha value is -2.38. The Labute approximate surface area is 185 Å². The molecular formula is C24H31N3O3S. The highest BCUT2D eigenvalue weighted by Crippen LogP contribution is 2.31. The third-order valence-electron chi connectivity index (χ3n) is 6.42. The van der Waals surface area contributed by atoms with Crippen LogP contribution in [0.5, 0.6) is 0 Å². The predicted molar refractivity (Wildman–Crippen MR) is 123 cm³/mol. The van der Waals surface area contributed by atoms with E-state index in [9.17, 15) is 13.2 Å². The standard InChI is InChI=1S/C24H31N3O3S/c1-18-3-5-19(6-4-18)17-27-16-13-23(24(27)28)26-14-11-21(12-15-26)20-7-9-22(10-8-20)25-31(2,29)30/h3-10,21,23,25H,11-17H2,1-2H3/t23-/m1/s1. The molecule has 7 heteroatoms. The van der Waals surface area contributed by atoms with Gasteiger partial charge < -0.3 is 4.90 Å². The molecule has 0 spiro atoms. The van der Waals surface area contributed by atoms with Gasteiger partial charge in [0.15, 0.2) is 0 Å². The van der Waals surface area contributed by atoms with Gasteiger partial charge in [-0.3, -0.25) is 14.4 Å². The first-order chi connectivity index (χ1) is 14.8. The van der Waals surface area contributed by atoms with Crippen molar-refractivity contribution in [3.05, 3.63) is 65.2 Å². The summed E-state index contributed by atoms with van der Waals surface area (Å²) in [5.74, 6) is 0.707. The number of piperidine rings is 1. The molecule has 31 heavy (non-hydrogen) atoms. The summed E-state index contributed by atoms with van der Waals surface area (Å²) >= 11 is 0. The number of hydrogen-bond acceptors (Lipinski definition) is 4. The Morgan fingerprint density at radius 1 is 0.935 bits per heavy atom. The van der Waals surface area contributed by atoms with Crippen molar-refractivity contribution in [3.8, 4) is 0 Å². The third kappa shape index (κ3) is 5.46. The lowest BCUT2D eigenvalue weighted by atomic mass is 9.88. The summed E-state index contributed by atoms with van der Waals surface area (Å²) in [4.78, 5) is 17.4. The summed E-state index contributed by atoms with van der Waals surface area (Å²) in [6.45, 7) is 5.43. The van der Waals surface area contributed by atoms with E-state index in [2.05, 4.69) is 40.8 Å². The Bertz CT molecular complexity index is 1010. The van der Waals surface area contributed by atoms with Gasteiger partial charge in [-0.2, -0.15) is 0 Å². The van der Waals surface area contributed by atoms with E-state index in [0.717, 1.165) is 45.2 Å². The number of carbonyl (C=O) groups excluding carboxylic acids is 1. The zero-order chi connectivity index (χ0) is 22.0. The molecule has 2 aromatic rings. The number of hydrogen-bond donors (Lipinski definition) is 1. The number of amides is 1. The number of benzene rings is 2. The first-order valence-electron chi connectivity index (χ1n) is 10.9. The summed E-state index contributed by atoms with van der Waals surface area (Å²) in [6, 6.07) is 16.1. The van der Waals surface area contributed by atoms with Gasteiger partial charge in [0.2, 0.25) is 15.9 Å². The minimum atomic E-state index is -3.26. The van der Waals surface area contributed by atoms with Crippen molar-refractivity contribution < 1.29 is 13.2 Å². The van der Waals surface area contributed by atoms with Crippen LogP contribution in [0.3, 0.4) is 0 Å². The van der Waals surface area contributed by atoms with Crippen molar-refractivity contribution in [1.29, 1.82) is 0 Å². The molecule has 2 heterocycles. The lowest BCUT2D eigenvalue weighted by Crippen LogP contribution is -2.45. The second-order valence-electron chi connectivity index (χ2n) is 8.86. The van der Waals surface area contributed by atoms with Crippen molar-refractivity contribution in [2.24, 2.45) is 0 Å². The second-order valence-corrected chi connectivity index (χ2v) is 10.6. The molecular weight excluding hydrogens is 410 g/mol.